The molecule has 0 heterocycles. The van der Waals surface area contributed by atoms with Gasteiger partial charge < -0.3 is 5.32 Å². The lowest BCUT2D eigenvalue weighted by atomic mass is 9.95. The molecule has 0 aliphatic heterocycles. The lowest BCUT2D eigenvalue weighted by Gasteiger charge is -2.28. The van der Waals surface area contributed by atoms with Crippen LogP contribution in [0.3, 0.4) is 0 Å². The molecule has 0 saturated carbocycles. The predicted molar refractivity (Wildman–Crippen MR) is 72.0 cm³/mol. The van der Waals surface area contributed by atoms with E-state index in [1.165, 1.54) is 11.1 Å². The Bertz CT molecular complexity index is 343. The minimum Gasteiger partial charge on any atom is -0.307 e. The van der Waals surface area contributed by atoms with Gasteiger partial charge in [0.15, 0.2) is 0 Å². The van der Waals surface area contributed by atoms with E-state index in [-0.39, 0.29) is 5.54 Å². The molecule has 1 rings (SSSR count). The molecule has 1 nitrogen and oxygen atoms in total. The van der Waals surface area contributed by atoms with E-state index in [2.05, 4.69) is 39.1 Å². The summed E-state index contributed by atoms with van der Waals surface area (Å²) in [5, 5.41) is 4.44. The van der Waals surface area contributed by atoms with Crippen molar-refractivity contribution < 1.29 is 0 Å². The Kier molecular flexibility index (Phi) is 4.82. The van der Waals surface area contributed by atoms with Crippen LogP contribution in [0.5, 0.6) is 0 Å². The van der Waals surface area contributed by atoms with Crippen LogP contribution in [-0.4, -0.2) is 5.54 Å². The number of aryl methyl sites for hydroxylation is 1. The maximum Gasteiger partial charge on any atom is 0.0408 e. The van der Waals surface area contributed by atoms with Gasteiger partial charge in [0.05, 0.1) is 0 Å². The number of halogens is 1. The molecule has 1 N–H and O–H groups in total. The van der Waals surface area contributed by atoms with Crippen LogP contribution in [0.25, 0.3) is 0 Å². The van der Waals surface area contributed by atoms with Gasteiger partial charge in [-0.3, -0.25) is 0 Å². The molecule has 1 aromatic carbocycles. The van der Waals surface area contributed by atoms with Gasteiger partial charge in [0.25, 0.3) is 0 Å². The Labute approximate surface area is 104 Å². The van der Waals surface area contributed by atoms with Crippen LogP contribution in [0.4, 0.5) is 0 Å². The van der Waals surface area contributed by atoms with Crippen LogP contribution in [0.15, 0.2) is 18.2 Å². The molecule has 90 valence electrons. The molecule has 0 amide bonds. The van der Waals surface area contributed by atoms with Crippen LogP contribution in [-0.2, 0) is 6.54 Å². The largest absolute Gasteiger partial charge is 0.307 e. The van der Waals surface area contributed by atoms with E-state index in [1.807, 2.05) is 12.1 Å². The fraction of sp³-hybridized carbons (Fsp3) is 0.571. The first kappa shape index (κ1) is 13.5. The lowest BCUT2D eigenvalue weighted by molar-refractivity contribution is 0.329. The summed E-state index contributed by atoms with van der Waals surface area (Å²) in [5.41, 5.74) is 2.83. The molecule has 0 radical (unpaired) electrons. The second-order valence-electron chi connectivity index (χ2n) is 4.69. The molecular formula is C14H22ClN. The minimum absolute atomic E-state index is 0.242. The summed E-state index contributed by atoms with van der Waals surface area (Å²) in [6, 6.07) is 6.09. The Morgan fingerprint density at radius 2 is 1.88 bits per heavy atom. The van der Waals surface area contributed by atoms with Crippen LogP contribution >= 0.6 is 11.6 Å². The van der Waals surface area contributed by atoms with Crippen molar-refractivity contribution in [2.45, 2.75) is 52.6 Å². The van der Waals surface area contributed by atoms with Gasteiger partial charge in [-0.15, -0.1) is 0 Å². The zero-order chi connectivity index (χ0) is 12.2. The normalized spacial score (nSPS) is 11.8. The standard InChI is InChI=1S/C14H22ClN/c1-5-14(4,6-2)16-10-12-7-8-13(15)9-11(12)3/h7-9,16H,5-6,10H2,1-4H3. The Hall–Kier alpha value is -0.530. The molecule has 0 aliphatic rings. The van der Waals surface area contributed by atoms with Crippen molar-refractivity contribution in [1.29, 1.82) is 0 Å². The highest BCUT2D eigenvalue weighted by molar-refractivity contribution is 6.30. The van der Waals surface area contributed by atoms with E-state index >= 15 is 0 Å². The summed E-state index contributed by atoms with van der Waals surface area (Å²) in [6.07, 6.45) is 2.30. The Balaban J connectivity index is 2.67. The third-order valence-electron chi connectivity index (χ3n) is 3.57. The van der Waals surface area contributed by atoms with Crippen molar-refractivity contribution in [3.05, 3.63) is 34.3 Å². The predicted octanol–water partition coefficient (Wildman–Crippen LogP) is 4.32. The lowest BCUT2D eigenvalue weighted by Crippen LogP contribution is -2.40. The third kappa shape index (κ3) is 3.50. The topological polar surface area (TPSA) is 12.0 Å². The summed E-state index contributed by atoms with van der Waals surface area (Å²) in [7, 11) is 0. The molecule has 16 heavy (non-hydrogen) atoms. The smallest absolute Gasteiger partial charge is 0.0408 e. The maximum absolute atomic E-state index is 5.94. The fourth-order valence-corrected chi connectivity index (χ4v) is 1.89. The first-order chi connectivity index (χ1) is 7.50. The van der Waals surface area contributed by atoms with E-state index in [4.69, 9.17) is 11.6 Å². The summed E-state index contributed by atoms with van der Waals surface area (Å²) in [6.45, 7) is 9.76. The van der Waals surface area contributed by atoms with Gasteiger partial charge >= 0.3 is 0 Å². The summed E-state index contributed by atoms with van der Waals surface area (Å²) >= 11 is 5.94. The second kappa shape index (κ2) is 5.70. The summed E-state index contributed by atoms with van der Waals surface area (Å²) in [5.74, 6) is 0. The van der Waals surface area contributed by atoms with E-state index in [0.717, 1.165) is 24.4 Å². The molecule has 0 bridgehead atoms. The number of benzene rings is 1. The molecule has 0 aromatic heterocycles. The van der Waals surface area contributed by atoms with E-state index < -0.39 is 0 Å². The van der Waals surface area contributed by atoms with Crippen LogP contribution < -0.4 is 5.32 Å². The van der Waals surface area contributed by atoms with Gasteiger partial charge in [-0.05, 0) is 49.9 Å². The van der Waals surface area contributed by atoms with Gasteiger partial charge in [-0.2, -0.15) is 0 Å². The molecule has 0 saturated heterocycles. The van der Waals surface area contributed by atoms with Gasteiger partial charge in [0.2, 0.25) is 0 Å². The van der Waals surface area contributed by atoms with Crippen molar-refractivity contribution in [1.82, 2.24) is 5.32 Å². The van der Waals surface area contributed by atoms with Gasteiger partial charge in [0.1, 0.15) is 0 Å². The molecule has 0 unspecified atom stereocenters. The van der Waals surface area contributed by atoms with Crippen LogP contribution in [0, 0.1) is 6.92 Å². The van der Waals surface area contributed by atoms with E-state index in [0.29, 0.717) is 0 Å². The zero-order valence-electron chi connectivity index (χ0n) is 10.7. The highest BCUT2D eigenvalue weighted by Crippen LogP contribution is 2.18. The van der Waals surface area contributed by atoms with Gasteiger partial charge in [-0.1, -0.05) is 31.5 Å². The highest BCUT2D eigenvalue weighted by Gasteiger charge is 2.18. The SMILES string of the molecule is CCC(C)(CC)NCc1ccc(Cl)cc1C. The van der Waals surface area contributed by atoms with Crippen molar-refractivity contribution >= 4 is 11.6 Å². The van der Waals surface area contributed by atoms with Crippen LogP contribution in [0.2, 0.25) is 5.02 Å². The Morgan fingerprint density at radius 3 is 2.38 bits per heavy atom. The Morgan fingerprint density at radius 1 is 1.25 bits per heavy atom. The van der Waals surface area contributed by atoms with Crippen molar-refractivity contribution in [3.8, 4) is 0 Å². The number of rotatable bonds is 5. The molecular weight excluding hydrogens is 218 g/mol. The van der Waals surface area contributed by atoms with E-state index in [1.54, 1.807) is 0 Å². The van der Waals surface area contributed by atoms with E-state index in [9.17, 15) is 0 Å². The minimum atomic E-state index is 0.242. The second-order valence-corrected chi connectivity index (χ2v) is 5.13. The average molecular weight is 240 g/mol. The third-order valence-corrected chi connectivity index (χ3v) is 3.81. The molecule has 2 heteroatoms. The van der Waals surface area contributed by atoms with Crippen LogP contribution in [0.1, 0.15) is 44.7 Å². The number of hydrogen-bond donors (Lipinski definition) is 1. The van der Waals surface area contributed by atoms with Crippen molar-refractivity contribution in [2.24, 2.45) is 0 Å². The summed E-state index contributed by atoms with van der Waals surface area (Å²) < 4.78 is 0. The maximum atomic E-state index is 5.94. The first-order valence-corrected chi connectivity index (χ1v) is 6.38. The molecule has 1 aromatic rings. The van der Waals surface area contributed by atoms with Crippen molar-refractivity contribution in [2.75, 3.05) is 0 Å². The number of nitrogens with one attached hydrogen (secondary N) is 1. The summed E-state index contributed by atoms with van der Waals surface area (Å²) in [4.78, 5) is 0. The number of hydrogen-bond acceptors (Lipinski definition) is 1. The molecule has 0 spiro atoms. The first-order valence-electron chi connectivity index (χ1n) is 6.01. The van der Waals surface area contributed by atoms with Gasteiger partial charge in [-0.25, -0.2) is 0 Å². The zero-order valence-corrected chi connectivity index (χ0v) is 11.5. The molecule has 0 aliphatic carbocycles. The average Bonchev–Trinajstić information content (AvgIpc) is 2.27. The highest BCUT2D eigenvalue weighted by atomic mass is 35.5. The monoisotopic (exact) mass is 239 g/mol. The molecule has 0 atom stereocenters. The fourth-order valence-electron chi connectivity index (χ4n) is 1.67. The van der Waals surface area contributed by atoms with Gasteiger partial charge in [0, 0.05) is 17.1 Å². The molecule has 0 fully saturated rings. The van der Waals surface area contributed by atoms with Crippen molar-refractivity contribution in [3.63, 3.8) is 0 Å². The quantitative estimate of drug-likeness (QED) is 0.807.